The summed E-state index contributed by atoms with van der Waals surface area (Å²) in [6.07, 6.45) is 9.24. The third-order valence-electron chi connectivity index (χ3n) is 3.08. The van der Waals surface area contributed by atoms with Crippen LogP contribution in [0.15, 0.2) is 36.3 Å². The topological polar surface area (TPSA) is 107 Å². The van der Waals surface area contributed by atoms with E-state index in [1.165, 1.54) is 18.9 Å². The van der Waals surface area contributed by atoms with Crippen LogP contribution >= 0.6 is 0 Å². The lowest BCUT2D eigenvalue weighted by Crippen LogP contribution is -2.25. The van der Waals surface area contributed by atoms with Crippen molar-refractivity contribution in [2.75, 3.05) is 6.54 Å². The first kappa shape index (κ1) is 14.6. The fourth-order valence-electron chi connectivity index (χ4n) is 1.99. The van der Waals surface area contributed by atoms with Gasteiger partial charge in [-0.3, -0.25) is 0 Å². The number of sulfonamides is 1. The summed E-state index contributed by atoms with van der Waals surface area (Å²) >= 11 is 0. The van der Waals surface area contributed by atoms with Crippen LogP contribution in [0.3, 0.4) is 0 Å². The van der Waals surface area contributed by atoms with E-state index in [9.17, 15) is 8.42 Å². The van der Waals surface area contributed by atoms with Crippen molar-refractivity contribution in [3.05, 3.63) is 36.8 Å². The van der Waals surface area contributed by atoms with Crippen molar-refractivity contribution in [1.82, 2.24) is 33.9 Å². The van der Waals surface area contributed by atoms with E-state index < -0.39 is 10.0 Å². The Labute approximate surface area is 127 Å². The summed E-state index contributed by atoms with van der Waals surface area (Å²) in [5, 5.41) is 4.04. The third kappa shape index (κ3) is 3.12. The largest absolute Gasteiger partial charge is 0.339 e. The molecule has 0 unspecified atom stereocenters. The van der Waals surface area contributed by atoms with Gasteiger partial charge in [0.2, 0.25) is 0 Å². The van der Waals surface area contributed by atoms with Crippen LogP contribution < -0.4 is 4.72 Å². The van der Waals surface area contributed by atoms with Gasteiger partial charge in [0.1, 0.15) is 6.33 Å². The molecule has 0 bridgehead atoms. The summed E-state index contributed by atoms with van der Waals surface area (Å²) in [6.45, 7) is 0.328. The van der Waals surface area contributed by atoms with E-state index in [1.54, 1.807) is 22.3 Å². The van der Waals surface area contributed by atoms with E-state index in [-0.39, 0.29) is 5.03 Å². The van der Waals surface area contributed by atoms with Crippen LogP contribution in [0.25, 0.3) is 5.78 Å². The first-order valence-corrected chi connectivity index (χ1v) is 8.15. The van der Waals surface area contributed by atoms with Crippen molar-refractivity contribution in [2.24, 2.45) is 7.05 Å². The van der Waals surface area contributed by atoms with Gasteiger partial charge in [0.15, 0.2) is 5.03 Å². The molecule has 0 aromatic carbocycles. The number of nitrogens with one attached hydrogen (secondary N) is 1. The van der Waals surface area contributed by atoms with E-state index in [1.807, 2.05) is 6.20 Å². The molecular formula is C12H15N7O2S. The van der Waals surface area contributed by atoms with Gasteiger partial charge in [-0.25, -0.2) is 27.6 Å². The van der Waals surface area contributed by atoms with Crippen molar-refractivity contribution in [3.63, 3.8) is 0 Å². The number of aryl methyl sites for hydroxylation is 2. The molecule has 3 aromatic heterocycles. The molecule has 22 heavy (non-hydrogen) atoms. The third-order valence-corrected chi connectivity index (χ3v) is 4.42. The van der Waals surface area contributed by atoms with Gasteiger partial charge in [0.25, 0.3) is 15.8 Å². The minimum Gasteiger partial charge on any atom is -0.339 e. The normalized spacial score (nSPS) is 12.0. The lowest BCUT2D eigenvalue weighted by Gasteiger charge is -2.04. The van der Waals surface area contributed by atoms with E-state index in [0.29, 0.717) is 25.2 Å². The monoisotopic (exact) mass is 321 g/mol. The zero-order valence-electron chi connectivity index (χ0n) is 11.9. The minimum atomic E-state index is -3.54. The maximum Gasteiger partial charge on any atom is 0.259 e. The highest BCUT2D eigenvalue weighted by atomic mass is 32.2. The first-order valence-electron chi connectivity index (χ1n) is 6.66. The fraction of sp³-hybridized carbons (Fsp3) is 0.333. The van der Waals surface area contributed by atoms with Crippen LogP contribution in [0.2, 0.25) is 0 Å². The van der Waals surface area contributed by atoms with Crippen LogP contribution in [0, 0.1) is 0 Å². The predicted molar refractivity (Wildman–Crippen MR) is 77.5 cm³/mol. The number of hydrogen-bond acceptors (Lipinski definition) is 6. The Balaban J connectivity index is 1.54. The Morgan fingerprint density at radius 3 is 2.86 bits per heavy atom. The van der Waals surface area contributed by atoms with Gasteiger partial charge >= 0.3 is 0 Å². The number of imidazole rings is 1. The molecule has 0 aliphatic carbocycles. The van der Waals surface area contributed by atoms with Crippen molar-refractivity contribution in [2.45, 2.75) is 17.9 Å². The molecule has 3 heterocycles. The molecule has 0 radical (unpaired) electrons. The minimum absolute atomic E-state index is 0.0284. The molecule has 10 heteroatoms. The smallest absolute Gasteiger partial charge is 0.259 e. The van der Waals surface area contributed by atoms with Crippen LogP contribution in [0.1, 0.15) is 12.0 Å². The van der Waals surface area contributed by atoms with Gasteiger partial charge in [-0.05, 0) is 18.4 Å². The Hall–Kier alpha value is -2.33. The average molecular weight is 321 g/mol. The molecular weight excluding hydrogens is 306 g/mol. The molecule has 0 spiro atoms. The second-order valence-electron chi connectivity index (χ2n) is 4.85. The quantitative estimate of drug-likeness (QED) is 0.628. The zero-order valence-corrected chi connectivity index (χ0v) is 12.7. The molecule has 3 rings (SSSR count). The van der Waals surface area contributed by atoms with Crippen LogP contribution in [0.4, 0.5) is 0 Å². The second-order valence-corrected chi connectivity index (χ2v) is 6.56. The average Bonchev–Trinajstić information content (AvgIpc) is 3.12. The van der Waals surface area contributed by atoms with Gasteiger partial charge < -0.3 is 4.57 Å². The summed E-state index contributed by atoms with van der Waals surface area (Å²) in [6, 6.07) is 0. The highest BCUT2D eigenvalue weighted by molar-refractivity contribution is 7.89. The standard InChI is InChI=1S/C12H15N7O2S/c1-18-7-11(15-9-18)22(20,21)17-4-2-3-10-5-13-12-14-8-16-19(12)6-10/h5-9,17H,2-4H2,1H3. The molecule has 9 nitrogen and oxygen atoms in total. The van der Waals surface area contributed by atoms with E-state index in [4.69, 9.17) is 0 Å². The Bertz CT molecular complexity index is 884. The Kier molecular flexibility index (Phi) is 3.86. The molecule has 0 aliphatic rings. The van der Waals surface area contributed by atoms with Gasteiger partial charge in [0, 0.05) is 32.2 Å². The van der Waals surface area contributed by atoms with Gasteiger partial charge in [-0.1, -0.05) is 0 Å². The lowest BCUT2D eigenvalue weighted by atomic mass is 10.2. The fourth-order valence-corrected chi connectivity index (χ4v) is 3.04. The molecule has 116 valence electrons. The lowest BCUT2D eigenvalue weighted by molar-refractivity contribution is 0.575. The predicted octanol–water partition coefficient (Wildman–Crippen LogP) is -0.231. The van der Waals surface area contributed by atoms with Crippen molar-refractivity contribution in [3.8, 4) is 0 Å². The van der Waals surface area contributed by atoms with Crippen LogP contribution in [-0.2, 0) is 23.5 Å². The Morgan fingerprint density at radius 2 is 2.09 bits per heavy atom. The van der Waals surface area contributed by atoms with Crippen molar-refractivity contribution >= 4 is 15.8 Å². The molecule has 1 N–H and O–H groups in total. The molecule has 0 saturated heterocycles. The number of hydrogen-bond donors (Lipinski definition) is 1. The van der Waals surface area contributed by atoms with E-state index in [2.05, 4.69) is 24.8 Å². The van der Waals surface area contributed by atoms with Crippen molar-refractivity contribution < 1.29 is 8.42 Å². The maximum absolute atomic E-state index is 12.0. The molecule has 0 saturated carbocycles. The van der Waals surface area contributed by atoms with E-state index in [0.717, 1.165) is 5.56 Å². The summed E-state index contributed by atoms with van der Waals surface area (Å²) < 4.78 is 29.7. The molecule has 0 fully saturated rings. The van der Waals surface area contributed by atoms with Crippen molar-refractivity contribution in [1.29, 1.82) is 0 Å². The van der Waals surface area contributed by atoms with Crippen LogP contribution in [-0.4, -0.2) is 44.1 Å². The molecule has 0 atom stereocenters. The second kappa shape index (κ2) is 5.81. The number of rotatable bonds is 6. The maximum atomic E-state index is 12.0. The molecule has 0 amide bonds. The highest BCUT2D eigenvalue weighted by Crippen LogP contribution is 2.05. The summed E-state index contributed by atoms with van der Waals surface area (Å²) in [5.41, 5.74) is 0.968. The summed E-state index contributed by atoms with van der Waals surface area (Å²) in [7, 11) is -1.82. The first-order chi connectivity index (χ1) is 10.5. The van der Waals surface area contributed by atoms with Gasteiger partial charge in [-0.2, -0.15) is 10.1 Å². The molecule has 3 aromatic rings. The Morgan fingerprint density at radius 1 is 1.23 bits per heavy atom. The summed E-state index contributed by atoms with van der Waals surface area (Å²) in [5.74, 6) is 0.541. The number of nitrogens with zero attached hydrogens (tertiary/aromatic N) is 6. The number of fused-ring (bicyclic) bond motifs is 1. The zero-order chi connectivity index (χ0) is 15.6. The van der Waals surface area contributed by atoms with Crippen LogP contribution in [0.5, 0.6) is 0 Å². The highest BCUT2D eigenvalue weighted by Gasteiger charge is 2.15. The SMILES string of the molecule is Cn1cnc(S(=O)(=O)NCCCc2cnc3ncnn3c2)c1. The number of aromatic nitrogens is 6. The van der Waals surface area contributed by atoms with Gasteiger partial charge in [0.05, 0.1) is 6.33 Å². The molecule has 0 aliphatic heterocycles. The van der Waals surface area contributed by atoms with E-state index >= 15 is 0 Å². The summed E-state index contributed by atoms with van der Waals surface area (Å²) in [4.78, 5) is 12.0. The van der Waals surface area contributed by atoms with Gasteiger partial charge in [-0.15, -0.1) is 0 Å².